The molecule has 0 aliphatic rings. The number of carbonyl (C=O) groups excluding carboxylic acids is 2. The Morgan fingerprint density at radius 1 is 0.783 bits per heavy atom. The van der Waals surface area contributed by atoms with Gasteiger partial charge in [0.05, 0.1) is 11.9 Å². The topological polar surface area (TPSA) is 80.3 Å². The van der Waals surface area contributed by atoms with Crippen molar-refractivity contribution < 1.29 is 39.3 Å². The first kappa shape index (κ1) is 22.3. The van der Waals surface area contributed by atoms with Crippen molar-refractivity contribution in [2.24, 2.45) is 0 Å². The maximum Gasteiger partial charge on any atom is 2.00 e. The van der Waals surface area contributed by atoms with Gasteiger partial charge in [0.15, 0.2) is 0 Å². The molecule has 2 aromatic rings. The molecule has 23 heavy (non-hydrogen) atoms. The van der Waals surface area contributed by atoms with E-state index >= 15 is 0 Å². The van der Waals surface area contributed by atoms with Gasteiger partial charge in [0.2, 0.25) is 0 Å². The molecule has 2 aromatic carbocycles. The molecule has 4 nitrogen and oxygen atoms in total. The van der Waals surface area contributed by atoms with Crippen LogP contribution in [0.3, 0.4) is 0 Å². The molecule has 0 bridgehead atoms. The minimum atomic E-state index is -1.27. The number of aromatic carboxylic acids is 2. The fourth-order valence-corrected chi connectivity index (χ4v) is 2.15. The fraction of sp³-hybridized carbons (Fsp3) is 0. The third-order valence-corrected chi connectivity index (χ3v) is 3.61. The zero-order chi connectivity index (χ0) is 16.9. The van der Waals surface area contributed by atoms with Gasteiger partial charge in [0.1, 0.15) is 0 Å². The minimum Gasteiger partial charge on any atom is -0.545 e. The van der Waals surface area contributed by atoms with Crippen LogP contribution in [0.2, 0.25) is 10.0 Å². The van der Waals surface area contributed by atoms with Gasteiger partial charge in [-0.25, -0.2) is 0 Å². The van der Waals surface area contributed by atoms with Gasteiger partial charge in [-0.15, -0.1) is 25.3 Å². The van der Waals surface area contributed by atoms with Crippen molar-refractivity contribution in [1.82, 2.24) is 0 Å². The summed E-state index contributed by atoms with van der Waals surface area (Å²) in [6.07, 6.45) is 0. The summed E-state index contributed by atoms with van der Waals surface area (Å²) in [4.78, 5) is 21.4. The average molecular weight is 441 g/mol. The first-order chi connectivity index (χ1) is 10.2. The Kier molecular flexibility index (Phi) is 9.89. The maximum absolute atomic E-state index is 10.4. The van der Waals surface area contributed by atoms with Crippen molar-refractivity contribution >= 4 is 60.4 Å². The predicted molar refractivity (Wildman–Crippen MR) is 86.1 cm³/mol. The third-order valence-electron chi connectivity index (χ3n) is 2.36. The number of carbonyl (C=O) groups is 2. The zero-order valence-electron chi connectivity index (χ0n) is 11.5. The van der Waals surface area contributed by atoms with Crippen LogP contribution in [0.25, 0.3) is 0 Å². The molecule has 0 saturated heterocycles. The summed E-state index contributed by atoms with van der Waals surface area (Å²) in [7, 11) is 0. The second-order valence-electron chi connectivity index (χ2n) is 3.90. The number of rotatable bonds is 2. The summed E-state index contributed by atoms with van der Waals surface area (Å²) in [5.74, 6) is -2.53. The molecule has 0 radical (unpaired) electrons. The van der Waals surface area contributed by atoms with Crippen LogP contribution in [0.4, 0.5) is 0 Å². The van der Waals surface area contributed by atoms with E-state index in [9.17, 15) is 19.8 Å². The van der Waals surface area contributed by atoms with Crippen LogP contribution in [-0.4, -0.2) is 11.9 Å². The van der Waals surface area contributed by atoms with Gasteiger partial charge in [-0.1, -0.05) is 23.2 Å². The molecule has 0 unspecified atom stereocenters. The molecule has 0 aliphatic carbocycles. The number of carboxylic acid groups (broad SMARTS) is 2. The minimum absolute atomic E-state index is 0. The van der Waals surface area contributed by atoms with Gasteiger partial charge >= 0.3 is 19.5 Å². The maximum atomic E-state index is 10.4. The molecule has 0 atom stereocenters. The standard InChI is InChI=1S/2C7H5ClO2S.Zn/c2*8-4-1-2-6(11)5(3-4)7(9)10;/h2*1-3,11H,(H,9,10);/q;;+2/p-2. The predicted octanol–water partition coefficient (Wildman–Crippen LogP) is 1.98. The van der Waals surface area contributed by atoms with E-state index in [0.29, 0.717) is 19.8 Å². The van der Waals surface area contributed by atoms with Gasteiger partial charge in [0, 0.05) is 31.0 Å². The van der Waals surface area contributed by atoms with Gasteiger partial charge in [0.25, 0.3) is 0 Å². The van der Waals surface area contributed by atoms with Crippen LogP contribution in [0.5, 0.6) is 0 Å². The second kappa shape index (κ2) is 10.2. The molecule has 0 aliphatic heterocycles. The van der Waals surface area contributed by atoms with Crippen molar-refractivity contribution in [2.45, 2.75) is 9.79 Å². The Balaban J connectivity index is 0.000000403. The van der Waals surface area contributed by atoms with Gasteiger partial charge in [-0.3, -0.25) is 0 Å². The van der Waals surface area contributed by atoms with Crippen LogP contribution >= 0.6 is 48.5 Å². The summed E-state index contributed by atoms with van der Waals surface area (Å²) >= 11 is 18.9. The van der Waals surface area contributed by atoms with E-state index in [1.165, 1.54) is 24.3 Å². The van der Waals surface area contributed by atoms with E-state index in [1.54, 1.807) is 12.1 Å². The molecule has 0 fully saturated rings. The summed E-state index contributed by atoms with van der Waals surface area (Å²) < 4.78 is 0. The van der Waals surface area contributed by atoms with Crippen LogP contribution in [0.15, 0.2) is 46.2 Å². The SMILES string of the molecule is O=C([O-])c1cc(Cl)ccc1S.O=C([O-])c1cc(Cl)ccc1S.[Zn+2]. The summed E-state index contributed by atoms with van der Waals surface area (Å²) in [6, 6.07) is 8.76. The van der Waals surface area contributed by atoms with Gasteiger partial charge < -0.3 is 19.8 Å². The second-order valence-corrected chi connectivity index (χ2v) is 5.73. The van der Waals surface area contributed by atoms with E-state index < -0.39 is 11.9 Å². The summed E-state index contributed by atoms with van der Waals surface area (Å²) in [5.41, 5.74) is 0.0293. The molecule has 0 aromatic heterocycles. The van der Waals surface area contributed by atoms with Crippen LogP contribution in [-0.2, 0) is 19.5 Å². The van der Waals surface area contributed by atoms with E-state index in [2.05, 4.69) is 25.3 Å². The zero-order valence-corrected chi connectivity index (χ0v) is 17.7. The van der Waals surface area contributed by atoms with Crippen molar-refractivity contribution in [3.63, 3.8) is 0 Å². The molecule has 0 heterocycles. The summed E-state index contributed by atoms with van der Waals surface area (Å²) in [6.45, 7) is 0. The monoisotopic (exact) mass is 438 g/mol. The van der Waals surface area contributed by atoms with Gasteiger partial charge in [-0.05, 0) is 36.4 Å². The van der Waals surface area contributed by atoms with Crippen molar-refractivity contribution in [3.05, 3.63) is 57.6 Å². The number of hydrogen-bond donors (Lipinski definition) is 2. The first-order valence-electron chi connectivity index (χ1n) is 5.62. The van der Waals surface area contributed by atoms with Crippen molar-refractivity contribution in [1.29, 1.82) is 0 Å². The van der Waals surface area contributed by atoms with E-state index in [4.69, 9.17) is 23.2 Å². The van der Waals surface area contributed by atoms with Crippen molar-refractivity contribution in [2.75, 3.05) is 0 Å². The normalized spacial score (nSPS) is 9.22. The summed E-state index contributed by atoms with van der Waals surface area (Å²) in [5, 5.41) is 21.4. The number of thiol groups is 2. The largest absolute Gasteiger partial charge is 2.00 e. The van der Waals surface area contributed by atoms with Gasteiger partial charge in [-0.2, -0.15) is 0 Å². The average Bonchev–Trinajstić information content (AvgIpc) is 2.44. The van der Waals surface area contributed by atoms with E-state index in [0.717, 1.165) is 0 Å². The molecule has 0 spiro atoms. The van der Waals surface area contributed by atoms with Crippen LogP contribution in [0.1, 0.15) is 20.7 Å². The number of carboxylic acids is 2. The first-order valence-corrected chi connectivity index (χ1v) is 7.27. The number of hydrogen-bond acceptors (Lipinski definition) is 6. The molecule has 9 heteroatoms. The van der Waals surface area contributed by atoms with Crippen LogP contribution < -0.4 is 10.2 Å². The Labute approximate surface area is 166 Å². The molecule has 0 N–H and O–H groups in total. The van der Waals surface area contributed by atoms with E-state index in [1.807, 2.05) is 0 Å². The van der Waals surface area contributed by atoms with Crippen molar-refractivity contribution in [3.8, 4) is 0 Å². The molecular formula is C14H8Cl2O4S2Zn. The molecular weight excluding hydrogens is 433 g/mol. The Hall–Kier alpha value is -0.717. The quantitative estimate of drug-likeness (QED) is 0.553. The fourth-order valence-electron chi connectivity index (χ4n) is 1.34. The Morgan fingerprint density at radius 2 is 1.09 bits per heavy atom. The molecule has 0 amide bonds. The number of halogens is 2. The molecule has 2 rings (SSSR count). The molecule has 0 saturated carbocycles. The smallest absolute Gasteiger partial charge is 0.545 e. The van der Waals surface area contributed by atoms with Crippen LogP contribution in [0, 0.1) is 0 Å². The third kappa shape index (κ3) is 7.14. The Morgan fingerprint density at radius 3 is 1.30 bits per heavy atom. The number of benzene rings is 2. The molecule has 116 valence electrons. The Bertz CT molecular complexity index is 664. The van der Waals surface area contributed by atoms with E-state index in [-0.39, 0.29) is 30.6 Å².